The number of benzene rings is 3. The zero-order chi connectivity index (χ0) is 37.5. The minimum atomic E-state index is -4.84. The molecule has 0 radical (unpaired) electrons. The van der Waals surface area contributed by atoms with Crippen molar-refractivity contribution in [2.75, 3.05) is 25.8 Å². The van der Waals surface area contributed by atoms with Crippen LogP contribution < -0.4 is 10.6 Å². The maximum atomic E-state index is 13.8. The first kappa shape index (κ1) is 38.5. The molecule has 272 valence electrons. The van der Waals surface area contributed by atoms with Gasteiger partial charge in [-0.05, 0) is 61.0 Å². The number of carbonyl (C=O) groups excluding carboxylic acids is 3. The fourth-order valence-corrected chi connectivity index (χ4v) is 4.54. The Morgan fingerprint density at radius 2 is 1.67 bits per heavy atom. The molecule has 0 spiro atoms. The Balaban J connectivity index is 1.58. The Kier molecular flexibility index (Phi) is 12.2. The second-order valence-corrected chi connectivity index (χ2v) is 11.7. The number of guanidine groups is 1. The number of ether oxygens (including phenoxy) is 3. The highest BCUT2D eigenvalue weighted by atomic mass is 31.2. The van der Waals surface area contributed by atoms with E-state index in [9.17, 15) is 40.9 Å². The summed E-state index contributed by atoms with van der Waals surface area (Å²) >= 11 is 0. The van der Waals surface area contributed by atoms with Gasteiger partial charge in [0, 0.05) is 24.1 Å². The van der Waals surface area contributed by atoms with E-state index in [-0.39, 0.29) is 34.9 Å². The van der Waals surface area contributed by atoms with Crippen molar-refractivity contribution in [1.82, 2.24) is 15.1 Å². The molecule has 0 bridgehead atoms. The van der Waals surface area contributed by atoms with E-state index in [4.69, 9.17) is 24.0 Å². The predicted octanol–water partition coefficient (Wildman–Crippen LogP) is 4.97. The average Bonchev–Trinajstić information content (AvgIpc) is 3.42. The molecule has 3 aromatic carbocycles. The zero-order valence-electron chi connectivity index (χ0n) is 26.3. The van der Waals surface area contributed by atoms with Crippen LogP contribution in [0.4, 0.5) is 32.6 Å². The molecule has 0 aliphatic carbocycles. The number of methoxy groups -OCH3 is 1. The first-order chi connectivity index (χ1) is 23.9. The van der Waals surface area contributed by atoms with Crippen molar-refractivity contribution in [1.29, 1.82) is 0 Å². The Labute approximate surface area is 284 Å². The molecular formula is C30H27F5N5O10P. The van der Waals surface area contributed by atoms with E-state index >= 15 is 0 Å². The number of phosphoric ester groups is 1. The minimum Gasteiger partial charge on any atom is -0.424 e. The lowest BCUT2D eigenvalue weighted by atomic mass is 10.1. The van der Waals surface area contributed by atoms with E-state index in [0.717, 1.165) is 12.1 Å². The quantitative estimate of drug-likeness (QED) is 0.0401. The van der Waals surface area contributed by atoms with E-state index in [1.807, 2.05) is 0 Å². The van der Waals surface area contributed by atoms with Crippen LogP contribution in [-0.2, 0) is 36.1 Å². The lowest BCUT2D eigenvalue weighted by Crippen LogP contribution is -2.40. The highest BCUT2D eigenvalue weighted by molar-refractivity contribution is 7.46. The molecule has 1 amide bonds. The summed E-state index contributed by atoms with van der Waals surface area (Å²) in [6.07, 6.45) is -6.23. The molecule has 0 unspecified atom stereocenters. The Bertz CT molecular complexity index is 2000. The molecule has 4 rings (SSSR count). The van der Waals surface area contributed by atoms with Crippen molar-refractivity contribution >= 4 is 48.5 Å². The molecule has 4 N–H and O–H groups in total. The first-order valence-corrected chi connectivity index (χ1v) is 15.8. The van der Waals surface area contributed by atoms with E-state index in [0.29, 0.717) is 34.5 Å². The van der Waals surface area contributed by atoms with Crippen LogP contribution in [0.2, 0.25) is 0 Å². The molecule has 0 aliphatic rings. The second kappa shape index (κ2) is 16.2. The van der Waals surface area contributed by atoms with Gasteiger partial charge in [0.1, 0.15) is 0 Å². The highest BCUT2D eigenvalue weighted by Gasteiger charge is 2.32. The molecule has 1 heterocycles. The van der Waals surface area contributed by atoms with Gasteiger partial charge >= 0.3 is 26.1 Å². The topological polar surface area (TPSA) is 200 Å². The minimum absolute atomic E-state index is 0.0586. The Hall–Kier alpha value is -5.27. The van der Waals surface area contributed by atoms with Crippen molar-refractivity contribution in [2.45, 2.75) is 25.7 Å². The standard InChI is InChI=1S/C30H27F5N5O10P/c1-16(13-47-2)36-28(38-26(41)19-7-10-22(31)23(32)11-19)37-25-21-9-8-20(30(33,34)35)12-24(21)40(39-25)29(43)49-15-48-27(42)18-5-3-17(4-6-18)14-50-51(44,45)46/h3-12,16H,13-15H2,1-2H3,(H2,44,45,46)(H2,36,37,38,39,41)/t16-/m0/s1. The van der Waals surface area contributed by atoms with Crippen molar-refractivity contribution < 1.29 is 69.4 Å². The van der Waals surface area contributed by atoms with Crippen LogP contribution in [0.5, 0.6) is 0 Å². The maximum Gasteiger partial charge on any atom is 0.469 e. The van der Waals surface area contributed by atoms with Gasteiger partial charge in [-0.15, -0.1) is 5.10 Å². The van der Waals surface area contributed by atoms with Crippen molar-refractivity contribution in [3.8, 4) is 0 Å². The van der Waals surface area contributed by atoms with E-state index in [1.165, 1.54) is 31.4 Å². The normalized spacial score (nSPS) is 12.8. The summed E-state index contributed by atoms with van der Waals surface area (Å²) in [4.78, 5) is 59.7. The summed E-state index contributed by atoms with van der Waals surface area (Å²) < 4.78 is 98.6. The third-order valence-corrected chi connectivity index (χ3v) is 7.02. The number of esters is 1. The van der Waals surface area contributed by atoms with Crippen LogP contribution in [0.3, 0.4) is 0 Å². The number of aliphatic imine (C=N–C) groups is 1. The molecule has 4 aromatic rings. The van der Waals surface area contributed by atoms with Gasteiger partial charge in [0.2, 0.25) is 12.8 Å². The monoisotopic (exact) mass is 743 g/mol. The number of halogens is 5. The largest absolute Gasteiger partial charge is 0.469 e. The Morgan fingerprint density at radius 3 is 2.29 bits per heavy atom. The van der Waals surface area contributed by atoms with Gasteiger partial charge in [0.25, 0.3) is 5.91 Å². The number of anilines is 1. The van der Waals surface area contributed by atoms with Gasteiger partial charge < -0.3 is 34.6 Å². The van der Waals surface area contributed by atoms with E-state index in [1.54, 1.807) is 6.92 Å². The number of carbonyl (C=O) groups is 3. The summed E-state index contributed by atoms with van der Waals surface area (Å²) in [7, 11) is -3.34. The summed E-state index contributed by atoms with van der Waals surface area (Å²) in [6, 6.07) is 9.15. The number of nitrogens with one attached hydrogen (secondary N) is 2. The molecule has 0 saturated carbocycles. The van der Waals surface area contributed by atoms with Gasteiger partial charge in [-0.3, -0.25) is 9.32 Å². The number of aromatic nitrogens is 2. The van der Waals surface area contributed by atoms with Crippen LogP contribution in [0.1, 0.15) is 38.8 Å². The van der Waals surface area contributed by atoms with Crippen molar-refractivity contribution in [3.63, 3.8) is 0 Å². The number of nitrogens with zero attached hydrogens (tertiary/aromatic N) is 3. The fourth-order valence-electron chi connectivity index (χ4n) is 4.23. The van der Waals surface area contributed by atoms with Gasteiger partial charge in [0.15, 0.2) is 17.5 Å². The van der Waals surface area contributed by atoms with Crippen LogP contribution in [0.15, 0.2) is 65.7 Å². The summed E-state index contributed by atoms with van der Waals surface area (Å²) in [5, 5.41) is 9.32. The number of hydrogen-bond acceptors (Lipinski definition) is 9. The van der Waals surface area contributed by atoms with Gasteiger partial charge in [-0.25, -0.2) is 22.9 Å². The SMILES string of the molecule is COC[C@H](C)N/C(=N/C(=O)c1ccc(F)c(F)c1)Nc1nn(C(=O)OCOC(=O)c2ccc(COP(=O)(O)O)cc2)c2cc(C(F)(F)F)ccc12. The van der Waals surface area contributed by atoms with Gasteiger partial charge in [-0.2, -0.15) is 22.8 Å². The summed E-state index contributed by atoms with van der Waals surface area (Å²) in [5.74, 6) is -5.24. The predicted molar refractivity (Wildman–Crippen MR) is 166 cm³/mol. The first-order valence-electron chi connectivity index (χ1n) is 14.3. The Morgan fingerprint density at radius 1 is 0.980 bits per heavy atom. The maximum absolute atomic E-state index is 13.8. The van der Waals surface area contributed by atoms with Gasteiger partial charge in [-0.1, -0.05) is 12.1 Å². The molecule has 1 atom stereocenters. The van der Waals surface area contributed by atoms with E-state index < -0.39 is 74.1 Å². The van der Waals surface area contributed by atoms with Crippen molar-refractivity contribution in [3.05, 3.63) is 94.6 Å². The van der Waals surface area contributed by atoms with Crippen LogP contribution in [-0.4, -0.2) is 70.0 Å². The average molecular weight is 744 g/mol. The molecule has 0 fully saturated rings. The van der Waals surface area contributed by atoms with Crippen LogP contribution in [0, 0.1) is 11.6 Å². The molecule has 21 heteroatoms. The fraction of sp³-hybridized carbons (Fsp3) is 0.233. The number of rotatable bonds is 11. The van der Waals surface area contributed by atoms with Gasteiger partial charge in [0.05, 0.1) is 29.9 Å². The third kappa shape index (κ3) is 10.6. The molecule has 1 aromatic heterocycles. The molecule has 15 nitrogen and oxygen atoms in total. The third-order valence-electron chi connectivity index (χ3n) is 6.56. The number of fused-ring (bicyclic) bond motifs is 1. The zero-order valence-corrected chi connectivity index (χ0v) is 27.2. The molecule has 0 saturated heterocycles. The molecule has 0 aliphatic heterocycles. The van der Waals surface area contributed by atoms with Crippen LogP contribution >= 0.6 is 7.82 Å². The second-order valence-electron chi connectivity index (χ2n) is 10.4. The smallest absolute Gasteiger partial charge is 0.424 e. The number of amides is 1. The molecule has 51 heavy (non-hydrogen) atoms. The number of phosphoric acid groups is 1. The number of hydrogen-bond donors (Lipinski definition) is 4. The molecular weight excluding hydrogens is 716 g/mol. The lowest BCUT2D eigenvalue weighted by Gasteiger charge is -2.16. The lowest BCUT2D eigenvalue weighted by molar-refractivity contribution is -0.137. The number of alkyl halides is 3. The van der Waals surface area contributed by atoms with E-state index in [2.05, 4.69) is 25.2 Å². The summed E-state index contributed by atoms with van der Waals surface area (Å²) in [5.41, 5.74) is -1.68. The van der Waals surface area contributed by atoms with Crippen molar-refractivity contribution in [2.24, 2.45) is 4.99 Å². The van der Waals surface area contributed by atoms with Crippen LogP contribution in [0.25, 0.3) is 10.9 Å². The highest BCUT2D eigenvalue weighted by Crippen LogP contribution is 2.37. The summed E-state index contributed by atoms with van der Waals surface area (Å²) in [6.45, 7) is 0.213.